The van der Waals surface area contributed by atoms with E-state index >= 15 is 0 Å². The van der Waals surface area contributed by atoms with E-state index in [1.165, 1.54) is 6.07 Å². The van der Waals surface area contributed by atoms with Crippen molar-refractivity contribution in [3.8, 4) is 5.75 Å². The van der Waals surface area contributed by atoms with E-state index in [1.807, 2.05) is 0 Å². The van der Waals surface area contributed by atoms with E-state index in [0.29, 0.717) is 12.1 Å². The van der Waals surface area contributed by atoms with E-state index in [1.54, 1.807) is 19.2 Å². The summed E-state index contributed by atoms with van der Waals surface area (Å²) in [7, 11) is 1.73. The quantitative estimate of drug-likeness (QED) is 0.676. The van der Waals surface area contributed by atoms with Crippen molar-refractivity contribution in [2.24, 2.45) is 0 Å². The third kappa shape index (κ3) is 1.94. The highest BCUT2D eigenvalue weighted by Gasteiger charge is 2.10. The van der Waals surface area contributed by atoms with Gasteiger partial charge in [-0.05, 0) is 19.2 Å². The molecule has 6 heteroatoms. The van der Waals surface area contributed by atoms with Gasteiger partial charge in [0.05, 0.1) is 5.52 Å². The molecule has 0 aliphatic heterocycles. The van der Waals surface area contributed by atoms with Gasteiger partial charge in [0.15, 0.2) is 0 Å². The number of likely N-dealkylation sites (N-methyl/N-ethyl adjacent to an activating group) is 1. The van der Waals surface area contributed by atoms with E-state index < -0.39 is 11.2 Å². The number of aromatic nitrogens is 2. The Morgan fingerprint density at radius 2 is 2.18 bits per heavy atom. The Bertz CT molecular complexity index is 657. The summed E-state index contributed by atoms with van der Waals surface area (Å²) in [5, 5.41) is 12.6. The predicted octanol–water partition coefficient (Wildman–Crippen LogP) is -0.385. The highest BCUT2D eigenvalue weighted by Crippen LogP contribution is 2.17. The van der Waals surface area contributed by atoms with Crippen LogP contribution in [0.4, 0.5) is 0 Å². The molecule has 0 radical (unpaired) electrons. The van der Waals surface area contributed by atoms with Gasteiger partial charge in [0.1, 0.15) is 11.1 Å². The zero-order valence-corrected chi connectivity index (χ0v) is 9.36. The number of aromatic hydroxyl groups is 1. The van der Waals surface area contributed by atoms with Crippen molar-refractivity contribution in [3.63, 3.8) is 0 Å². The van der Waals surface area contributed by atoms with Crippen molar-refractivity contribution in [3.05, 3.63) is 39.0 Å². The van der Waals surface area contributed by atoms with E-state index in [2.05, 4.69) is 10.3 Å². The van der Waals surface area contributed by atoms with Crippen molar-refractivity contribution in [2.75, 3.05) is 13.6 Å². The number of rotatable bonds is 3. The fourth-order valence-electron chi connectivity index (χ4n) is 1.71. The first-order chi connectivity index (χ1) is 8.15. The molecule has 0 unspecified atom stereocenters. The first-order valence-corrected chi connectivity index (χ1v) is 5.24. The molecule has 2 rings (SSSR count). The van der Waals surface area contributed by atoms with Crippen molar-refractivity contribution in [1.29, 1.82) is 0 Å². The third-order valence-corrected chi connectivity index (χ3v) is 2.57. The fourth-order valence-corrected chi connectivity index (χ4v) is 1.71. The molecule has 0 aliphatic rings. The number of hydrogen-bond acceptors (Lipinski definition) is 4. The Balaban J connectivity index is 2.74. The lowest BCUT2D eigenvalue weighted by molar-refractivity contribution is 0.480. The Hall–Kier alpha value is -2.08. The zero-order chi connectivity index (χ0) is 12.4. The van der Waals surface area contributed by atoms with Gasteiger partial charge in [-0.25, -0.2) is 4.79 Å². The van der Waals surface area contributed by atoms with Gasteiger partial charge in [0, 0.05) is 13.1 Å². The van der Waals surface area contributed by atoms with Crippen LogP contribution in [0.25, 0.3) is 10.9 Å². The molecule has 0 bridgehead atoms. The van der Waals surface area contributed by atoms with Gasteiger partial charge < -0.3 is 15.4 Å². The predicted molar refractivity (Wildman–Crippen MR) is 64.4 cm³/mol. The highest BCUT2D eigenvalue weighted by molar-refractivity contribution is 5.83. The molecule has 0 spiro atoms. The van der Waals surface area contributed by atoms with Gasteiger partial charge in [-0.1, -0.05) is 6.07 Å². The van der Waals surface area contributed by atoms with Crippen LogP contribution in [0.15, 0.2) is 27.8 Å². The minimum atomic E-state index is -0.475. The standard InChI is InChI=1S/C11H13N3O3/c1-12-5-6-14-10(16)9-7(13-11(14)17)3-2-4-8(9)15/h2-4,12,15H,5-6H2,1H3,(H,13,17). The number of aromatic amines is 1. The molecular weight excluding hydrogens is 222 g/mol. The van der Waals surface area contributed by atoms with Crippen LogP contribution in [0.5, 0.6) is 5.75 Å². The van der Waals surface area contributed by atoms with Gasteiger partial charge in [0.25, 0.3) is 5.56 Å². The summed E-state index contributed by atoms with van der Waals surface area (Å²) in [5.74, 6) is -0.123. The van der Waals surface area contributed by atoms with Crippen molar-refractivity contribution in [2.45, 2.75) is 6.54 Å². The molecule has 0 amide bonds. The summed E-state index contributed by atoms with van der Waals surface area (Å²) in [6, 6.07) is 4.58. The second-order valence-electron chi connectivity index (χ2n) is 3.69. The fraction of sp³-hybridized carbons (Fsp3) is 0.273. The molecule has 0 saturated heterocycles. The molecule has 3 N–H and O–H groups in total. The molecule has 0 saturated carbocycles. The molecule has 6 nitrogen and oxygen atoms in total. The molecule has 0 fully saturated rings. The summed E-state index contributed by atoms with van der Waals surface area (Å²) in [6.07, 6.45) is 0. The molecule has 1 heterocycles. The van der Waals surface area contributed by atoms with Crippen LogP contribution in [0.1, 0.15) is 0 Å². The van der Waals surface area contributed by atoms with E-state index in [0.717, 1.165) is 4.57 Å². The number of fused-ring (bicyclic) bond motifs is 1. The van der Waals surface area contributed by atoms with Crippen molar-refractivity contribution in [1.82, 2.24) is 14.9 Å². The minimum Gasteiger partial charge on any atom is -0.507 e. The van der Waals surface area contributed by atoms with Crippen LogP contribution >= 0.6 is 0 Å². The number of phenolic OH excluding ortho intramolecular Hbond substituents is 1. The number of nitrogens with one attached hydrogen (secondary N) is 2. The first kappa shape index (κ1) is 11.4. The largest absolute Gasteiger partial charge is 0.507 e. The number of hydrogen-bond donors (Lipinski definition) is 3. The number of phenols is 1. The highest BCUT2D eigenvalue weighted by atomic mass is 16.3. The van der Waals surface area contributed by atoms with Crippen LogP contribution in [0, 0.1) is 0 Å². The maximum atomic E-state index is 12.0. The maximum absolute atomic E-state index is 12.0. The van der Waals surface area contributed by atoms with Gasteiger partial charge in [-0.2, -0.15) is 0 Å². The van der Waals surface area contributed by atoms with Crippen LogP contribution in [-0.2, 0) is 6.54 Å². The lowest BCUT2D eigenvalue weighted by Crippen LogP contribution is -2.37. The monoisotopic (exact) mass is 235 g/mol. The second-order valence-corrected chi connectivity index (χ2v) is 3.69. The molecule has 0 aliphatic carbocycles. The second kappa shape index (κ2) is 4.42. The summed E-state index contributed by atoms with van der Waals surface area (Å²) >= 11 is 0. The van der Waals surface area contributed by atoms with Crippen LogP contribution in [0.3, 0.4) is 0 Å². The normalized spacial score (nSPS) is 10.9. The number of nitrogens with zero attached hydrogens (tertiary/aromatic N) is 1. The van der Waals surface area contributed by atoms with Gasteiger partial charge >= 0.3 is 5.69 Å². The van der Waals surface area contributed by atoms with E-state index in [9.17, 15) is 14.7 Å². The lowest BCUT2D eigenvalue weighted by Gasteiger charge is -2.06. The molecule has 90 valence electrons. The summed E-state index contributed by atoms with van der Waals surface area (Å²) in [5.41, 5.74) is -0.596. The average molecular weight is 235 g/mol. The molecule has 17 heavy (non-hydrogen) atoms. The summed E-state index contributed by atoms with van der Waals surface area (Å²) < 4.78 is 1.07. The Morgan fingerprint density at radius 3 is 2.88 bits per heavy atom. The SMILES string of the molecule is CNCCn1c(=O)[nH]c2cccc(O)c2c1=O. The van der Waals surface area contributed by atoms with Crippen LogP contribution < -0.4 is 16.6 Å². The van der Waals surface area contributed by atoms with Crippen LogP contribution in [-0.4, -0.2) is 28.3 Å². The summed E-state index contributed by atoms with van der Waals surface area (Å²) in [4.78, 5) is 26.3. The lowest BCUT2D eigenvalue weighted by atomic mass is 10.2. The van der Waals surface area contributed by atoms with Gasteiger partial charge in [-0.3, -0.25) is 9.36 Å². The molecule has 0 atom stereocenters. The topological polar surface area (TPSA) is 87.1 Å². The number of H-pyrrole nitrogens is 1. The van der Waals surface area contributed by atoms with E-state index in [-0.39, 0.29) is 17.7 Å². The van der Waals surface area contributed by atoms with Crippen molar-refractivity contribution >= 4 is 10.9 Å². The molecule has 1 aromatic heterocycles. The molecular formula is C11H13N3O3. The number of benzene rings is 1. The van der Waals surface area contributed by atoms with Gasteiger partial charge in [-0.15, -0.1) is 0 Å². The molecule has 1 aromatic carbocycles. The average Bonchev–Trinajstić information content (AvgIpc) is 2.28. The zero-order valence-electron chi connectivity index (χ0n) is 9.36. The Labute approximate surface area is 96.5 Å². The van der Waals surface area contributed by atoms with Crippen LogP contribution in [0.2, 0.25) is 0 Å². The smallest absolute Gasteiger partial charge is 0.328 e. The van der Waals surface area contributed by atoms with Gasteiger partial charge in [0.2, 0.25) is 0 Å². The maximum Gasteiger partial charge on any atom is 0.328 e. The minimum absolute atomic E-state index is 0.123. The Kier molecular flexibility index (Phi) is 2.97. The molecule has 2 aromatic rings. The first-order valence-electron chi connectivity index (χ1n) is 5.24. The third-order valence-electron chi connectivity index (χ3n) is 2.57. The van der Waals surface area contributed by atoms with Crippen molar-refractivity contribution < 1.29 is 5.11 Å². The summed E-state index contributed by atoms with van der Waals surface area (Å²) in [6.45, 7) is 0.761. The Morgan fingerprint density at radius 1 is 1.41 bits per heavy atom. The van der Waals surface area contributed by atoms with E-state index in [4.69, 9.17) is 0 Å².